The number of carbonyl (C=O) groups excluding carboxylic acids is 1. The number of fused-ring (bicyclic) bond motifs is 1. The Morgan fingerprint density at radius 3 is 2.45 bits per heavy atom. The maximum absolute atomic E-state index is 12.2. The molecule has 0 spiro atoms. The van der Waals surface area contributed by atoms with Crippen molar-refractivity contribution in [3.63, 3.8) is 0 Å². The average molecular weight is 439 g/mol. The molecule has 31 heavy (non-hydrogen) atoms. The van der Waals surface area contributed by atoms with Gasteiger partial charge in [0.25, 0.3) is 0 Å². The lowest BCUT2D eigenvalue weighted by Crippen LogP contribution is -2.32. The predicted octanol–water partition coefficient (Wildman–Crippen LogP) is 4.33. The molecular weight excluding hydrogens is 406 g/mol. The number of halogens is 2. The van der Waals surface area contributed by atoms with E-state index in [1.807, 2.05) is 26.8 Å². The molecule has 8 nitrogen and oxygen atoms in total. The van der Waals surface area contributed by atoms with Gasteiger partial charge >= 0.3 is 6.09 Å². The Balaban J connectivity index is 0.000000361. The van der Waals surface area contributed by atoms with Crippen molar-refractivity contribution in [2.75, 3.05) is 0 Å². The second-order valence-electron chi connectivity index (χ2n) is 8.10. The number of nitriles is 1. The van der Waals surface area contributed by atoms with Crippen LogP contribution in [0, 0.1) is 11.3 Å². The standard InChI is InChI=1S/C13H19N5O2.C6H10F2.C2H3N/c1-13(2,3)20-12(19)15-7-10-8-18-11(17-10)4-9(5-14)6-16-18;7-6(8)4-2-1-3-5-6;1-2-3/h4,6,8H,5,7,14H2,1-3H3,(H,15,19);1-5H2;1H3. The molecule has 2 heterocycles. The van der Waals surface area contributed by atoms with Crippen LogP contribution in [0.4, 0.5) is 13.6 Å². The molecule has 2 aromatic heterocycles. The van der Waals surface area contributed by atoms with E-state index in [0.717, 1.165) is 12.0 Å². The van der Waals surface area contributed by atoms with Crippen LogP contribution in [-0.4, -0.2) is 32.2 Å². The van der Waals surface area contributed by atoms with Crippen molar-refractivity contribution in [1.82, 2.24) is 19.9 Å². The fraction of sp³-hybridized carbons (Fsp3) is 0.619. The molecule has 1 fully saturated rings. The first-order valence-electron chi connectivity index (χ1n) is 10.2. The Morgan fingerprint density at radius 2 is 1.97 bits per heavy atom. The molecule has 3 rings (SSSR count). The molecule has 1 aliphatic rings. The largest absolute Gasteiger partial charge is 0.444 e. The summed E-state index contributed by atoms with van der Waals surface area (Å²) in [5.74, 6) is -2.32. The Labute approximate surface area is 181 Å². The molecule has 0 bridgehead atoms. The van der Waals surface area contributed by atoms with E-state index in [1.165, 1.54) is 6.92 Å². The van der Waals surface area contributed by atoms with Crippen molar-refractivity contribution >= 4 is 11.7 Å². The van der Waals surface area contributed by atoms with Gasteiger partial charge in [-0.25, -0.2) is 23.1 Å². The van der Waals surface area contributed by atoms with Crippen molar-refractivity contribution in [2.24, 2.45) is 5.73 Å². The van der Waals surface area contributed by atoms with E-state index in [0.29, 0.717) is 30.7 Å². The first-order chi connectivity index (χ1) is 14.5. The van der Waals surface area contributed by atoms with E-state index >= 15 is 0 Å². The van der Waals surface area contributed by atoms with Crippen LogP contribution in [0.5, 0.6) is 0 Å². The number of hydrogen-bond donors (Lipinski definition) is 2. The van der Waals surface area contributed by atoms with Gasteiger partial charge in [0, 0.05) is 26.3 Å². The van der Waals surface area contributed by atoms with Gasteiger partial charge in [-0.3, -0.25) is 0 Å². The van der Waals surface area contributed by atoms with Crippen molar-refractivity contribution in [3.8, 4) is 6.07 Å². The fourth-order valence-corrected chi connectivity index (χ4v) is 2.71. The third kappa shape index (κ3) is 10.7. The van der Waals surface area contributed by atoms with Gasteiger partial charge in [-0.1, -0.05) is 6.42 Å². The van der Waals surface area contributed by atoms with E-state index in [1.54, 1.807) is 23.0 Å². The van der Waals surface area contributed by atoms with Crippen molar-refractivity contribution in [3.05, 3.63) is 29.7 Å². The monoisotopic (exact) mass is 438 g/mol. The Morgan fingerprint density at radius 1 is 1.35 bits per heavy atom. The summed E-state index contributed by atoms with van der Waals surface area (Å²) in [5.41, 5.74) is 7.36. The van der Waals surface area contributed by atoms with E-state index in [4.69, 9.17) is 15.7 Å². The number of nitrogens with one attached hydrogen (secondary N) is 1. The van der Waals surface area contributed by atoms with Crippen LogP contribution in [-0.2, 0) is 17.8 Å². The number of imidazole rings is 1. The minimum atomic E-state index is -2.32. The van der Waals surface area contributed by atoms with Crippen LogP contribution in [0.25, 0.3) is 5.65 Å². The summed E-state index contributed by atoms with van der Waals surface area (Å²) in [7, 11) is 0. The smallest absolute Gasteiger partial charge is 0.407 e. The predicted molar refractivity (Wildman–Crippen MR) is 113 cm³/mol. The molecule has 2 aromatic rings. The zero-order valence-electron chi connectivity index (χ0n) is 18.6. The summed E-state index contributed by atoms with van der Waals surface area (Å²) < 4.78 is 31.2. The van der Waals surface area contributed by atoms with Crippen molar-refractivity contribution in [2.45, 2.75) is 84.4 Å². The molecule has 0 saturated heterocycles. The van der Waals surface area contributed by atoms with Gasteiger partial charge in [-0.2, -0.15) is 10.4 Å². The zero-order valence-corrected chi connectivity index (χ0v) is 18.6. The first kappa shape index (κ1) is 26.2. The summed E-state index contributed by atoms with van der Waals surface area (Å²) in [4.78, 5) is 15.9. The number of aromatic nitrogens is 3. The molecule has 0 radical (unpaired) electrons. The fourth-order valence-electron chi connectivity index (χ4n) is 2.71. The Bertz CT molecular complexity index is 863. The molecule has 0 atom stereocenters. The molecule has 0 unspecified atom stereocenters. The van der Waals surface area contributed by atoms with Crippen LogP contribution in [0.2, 0.25) is 0 Å². The lowest BCUT2D eigenvalue weighted by molar-refractivity contribution is -0.0337. The summed E-state index contributed by atoms with van der Waals surface area (Å²) in [6, 6.07) is 3.62. The highest BCUT2D eigenvalue weighted by atomic mass is 19.3. The number of nitrogens with zero attached hydrogens (tertiary/aromatic N) is 4. The highest BCUT2D eigenvalue weighted by Crippen LogP contribution is 2.32. The minimum absolute atomic E-state index is 0.118. The number of ether oxygens (including phenoxy) is 1. The molecule has 0 aliphatic heterocycles. The number of amides is 1. The van der Waals surface area contributed by atoms with Gasteiger partial charge in [-0.05, 0) is 45.2 Å². The molecule has 3 N–H and O–H groups in total. The summed E-state index contributed by atoms with van der Waals surface area (Å²) >= 11 is 0. The third-order valence-corrected chi connectivity index (χ3v) is 4.06. The van der Waals surface area contributed by atoms with E-state index in [-0.39, 0.29) is 19.4 Å². The number of alkyl carbamates (subject to hydrolysis) is 1. The number of alkyl halides is 2. The topological polar surface area (TPSA) is 118 Å². The van der Waals surface area contributed by atoms with Crippen LogP contribution in [0.3, 0.4) is 0 Å². The minimum Gasteiger partial charge on any atom is -0.444 e. The Kier molecular flexibility index (Phi) is 10.3. The maximum atomic E-state index is 12.2. The van der Waals surface area contributed by atoms with Crippen molar-refractivity contribution < 1.29 is 18.3 Å². The average Bonchev–Trinajstić information content (AvgIpc) is 3.08. The lowest BCUT2D eigenvalue weighted by Gasteiger charge is -2.20. The SMILES string of the molecule is CC#N.CC(C)(C)OC(=O)NCc1cn2ncc(CN)cc2n1.FC1(F)CCCCC1. The second-order valence-corrected chi connectivity index (χ2v) is 8.10. The molecule has 10 heteroatoms. The molecule has 1 saturated carbocycles. The molecule has 0 aromatic carbocycles. The van der Waals surface area contributed by atoms with Gasteiger partial charge in [0.15, 0.2) is 5.65 Å². The molecular formula is C21H32F2N6O2. The second kappa shape index (κ2) is 12.2. The van der Waals surface area contributed by atoms with Gasteiger partial charge in [0.2, 0.25) is 5.92 Å². The van der Waals surface area contributed by atoms with Crippen LogP contribution in [0.15, 0.2) is 18.5 Å². The number of hydrogen-bond acceptors (Lipinski definition) is 6. The molecule has 1 aliphatic carbocycles. The van der Waals surface area contributed by atoms with E-state index in [2.05, 4.69) is 15.4 Å². The zero-order chi connectivity index (χ0) is 23.5. The van der Waals surface area contributed by atoms with Crippen LogP contribution in [0.1, 0.15) is 71.1 Å². The molecule has 172 valence electrons. The van der Waals surface area contributed by atoms with Gasteiger partial charge in [0.05, 0.1) is 30.7 Å². The Hall–Kier alpha value is -2.80. The lowest BCUT2D eigenvalue weighted by atomic mass is 9.97. The summed E-state index contributed by atoms with van der Waals surface area (Å²) in [5, 5.41) is 14.2. The quantitative estimate of drug-likeness (QED) is 0.736. The van der Waals surface area contributed by atoms with Crippen LogP contribution >= 0.6 is 0 Å². The highest BCUT2D eigenvalue weighted by Gasteiger charge is 2.30. The normalized spacial score (nSPS) is 14.9. The van der Waals surface area contributed by atoms with Gasteiger partial charge in [-0.15, -0.1) is 0 Å². The number of rotatable bonds is 3. The number of carbonyl (C=O) groups is 1. The van der Waals surface area contributed by atoms with Crippen molar-refractivity contribution in [1.29, 1.82) is 5.26 Å². The van der Waals surface area contributed by atoms with Crippen LogP contribution < -0.4 is 11.1 Å². The summed E-state index contributed by atoms with van der Waals surface area (Å²) in [6.45, 7) is 7.58. The summed E-state index contributed by atoms with van der Waals surface area (Å²) in [6.07, 6.45) is 5.65. The highest BCUT2D eigenvalue weighted by molar-refractivity contribution is 5.67. The number of nitrogens with two attached hydrogens (primary N) is 1. The van der Waals surface area contributed by atoms with Gasteiger partial charge < -0.3 is 15.8 Å². The molecule has 1 amide bonds. The maximum Gasteiger partial charge on any atom is 0.407 e. The first-order valence-corrected chi connectivity index (χ1v) is 10.2. The van der Waals surface area contributed by atoms with E-state index < -0.39 is 17.6 Å². The van der Waals surface area contributed by atoms with E-state index in [9.17, 15) is 13.6 Å². The third-order valence-electron chi connectivity index (χ3n) is 4.06. The van der Waals surface area contributed by atoms with Gasteiger partial charge in [0.1, 0.15) is 5.60 Å².